The first-order valence-corrected chi connectivity index (χ1v) is 42.8. The van der Waals surface area contributed by atoms with E-state index < -0.39 is 0 Å². The molecule has 4 aliphatic rings. The third kappa shape index (κ3) is 19.1. The molecule has 106 heavy (non-hydrogen) atoms. The summed E-state index contributed by atoms with van der Waals surface area (Å²) < 4.78 is 0. The van der Waals surface area contributed by atoms with Gasteiger partial charge in [-0.2, -0.15) is 0 Å². The highest BCUT2D eigenvalue weighted by Gasteiger charge is 2.32. The summed E-state index contributed by atoms with van der Waals surface area (Å²) in [6, 6.07) is 65.6. The van der Waals surface area contributed by atoms with E-state index in [9.17, 15) is 0 Å². The second kappa shape index (κ2) is 51.0. The lowest BCUT2D eigenvalue weighted by Gasteiger charge is -2.30. The molecule has 0 N–H and O–H groups in total. The molecule has 16 rings (SSSR count). The van der Waals surface area contributed by atoms with Crippen LogP contribution in [0.1, 0.15) is 299 Å². The second-order valence-corrected chi connectivity index (χ2v) is 22.3. The Morgan fingerprint density at radius 3 is 0.519 bits per heavy atom. The third-order valence-corrected chi connectivity index (χ3v) is 18.6. The lowest BCUT2D eigenvalue weighted by molar-refractivity contribution is 1.26. The number of benzene rings is 12. The van der Waals surface area contributed by atoms with E-state index in [0.717, 1.165) is 25.7 Å². The van der Waals surface area contributed by atoms with Gasteiger partial charge in [-0.05, 0) is 266 Å². The molecular weight excluding hydrogens is 1270 g/mol. The minimum atomic E-state index is 0.960. The fourth-order valence-electron chi connectivity index (χ4n) is 15.5. The summed E-state index contributed by atoms with van der Waals surface area (Å²) in [4.78, 5) is 0. The van der Waals surface area contributed by atoms with Crippen molar-refractivity contribution in [1.29, 1.82) is 0 Å². The molecule has 0 radical (unpaired) electrons. The average Bonchev–Trinajstić information content (AvgIpc) is 0.807. The van der Waals surface area contributed by atoms with E-state index in [2.05, 4.69) is 211 Å². The summed E-state index contributed by atoms with van der Waals surface area (Å²) in [5.41, 5.74) is 41.4. The fourth-order valence-corrected chi connectivity index (χ4v) is 15.5. The van der Waals surface area contributed by atoms with Crippen molar-refractivity contribution < 1.29 is 0 Å². The van der Waals surface area contributed by atoms with Gasteiger partial charge in [0.1, 0.15) is 0 Å². The Morgan fingerprint density at radius 1 is 0.151 bits per heavy atom. The van der Waals surface area contributed by atoms with Gasteiger partial charge in [-0.25, -0.2) is 0 Å². The van der Waals surface area contributed by atoms with Gasteiger partial charge in [-0.1, -0.05) is 391 Å². The van der Waals surface area contributed by atoms with Gasteiger partial charge >= 0.3 is 0 Å². The first kappa shape index (κ1) is 97.7. The minimum absolute atomic E-state index is 0.960. The molecule has 0 fully saturated rings. The molecule has 0 amide bonds. The topological polar surface area (TPSA) is 0 Å². The van der Waals surface area contributed by atoms with Gasteiger partial charge in [-0.3, -0.25) is 0 Å². The van der Waals surface area contributed by atoms with Crippen LogP contribution >= 0.6 is 0 Å². The van der Waals surface area contributed by atoms with Crippen LogP contribution in [0.2, 0.25) is 0 Å². The minimum Gasteiger partial charge on any atom is -0.0683 e. The van der Waals surface area contributed by atoms with Crippen molar-refractivity contribution >= 4 is 32.3 Å². The maximum absolute atomic E-state index is 2.56. The Balaban J connectivity index is 0.00000308. The summed E-state index contributed by atoms with van der Waals surface area (Å²) in [6.07, 6.45) is 3.86. The Kier molecular flexibility index (Phi) is 47.0. The fraction of sp³-hybridized carbons (Fsp3) is 0.396. The zero-order valence-electron chi connectivity index (χ0n) is 75.0. The predicted molar refractivity (Wildman–Crippen MR) is 495 cm³/mol. The Morgan fingerprint density at radius 2 is 0.311 bits per heavy atom. The first-order valence-electron chi connectivity index (χ1n) is 42.8. The van der Waals surface area contributed by atoms with Crippen molar-refractivity contribution in [2.45, 2.75) is 289 Å². The van der Waals surface area contributed by atoms with E-state index in [1.54, 1.807) is 0 Å². The van der Waals surface area contributed by atoms with E-state index in [0.29, 0.717) is 0 Å². The molecule has 4 aliphatic carbocycles. The summed E-state index contributed by atoms with van der Waals surface area (Å²) in [5, 5.41) is 8.44. The van der Waals surface area contributed by atoms with Crippen LogP contribution in [0.15, 0.2) is 170 Å². The van der Waals surface area contributed by atoms with Gasteiger partial charge in [-0.15, -0.1) is 0 Å². The molecule has 12 aromatic carbocycles. The van der Waals surface area contributed by atoms with Gasteiger partial charge in [0.25, 0.3) is 0 Å². The number of hydrogen-bond donors (Lipinski definition) is 0. The van der Waals surface area contributed by atoms with Crippen molar-refractivity contribution in [2.24, 2.45) is 0 Å². The SMILES string of the molecule is CC.CC.CC.CC.CC.CC.CC.CC.CC.CC.CC.CC.CC.CC.CC.CC.Cc1c(-c2ccc3c(c2)Cc2ccccc2-3)c(C)c2c(-c3ccc4c(c3)Cc3ccccc3-4)c(C)c3c(C)c(-c4ccc5c(c4)Cc4ccccc4-5)c(C)c4c(-c5ccc6c(c5)Cc5ccccc5-6)c(C)c1c2c34. The van der Waals surface area contributed by atoms with Crippen LogP contribution in [0.5, 0.6) is 0 Å². The van der Waals surface area contributed by atoms with E-state index >= 15 is 0 Å². The molecule has 0 saturated carbocycles. The normalized spacial score (nSPS) is 10.2. The highest BCUT2D eigenvalue weighted by atomic mass is 14.4. The molecule has 0 aliphatic heterocycles. The van der Waals surface area contributed by atoms with Gasteiger partial charge in [0.15, 0.2) is 0 Å². The molecule has 0 bridgehead atoms. The molecule has 0 nitrogen and oxygen atoms in total. The molecule has 0 unspecified atom stereocenters. The summed E-state index contributed by atoms with van der Waals surface area (Å²) >= 11 is 0. The lowest BCUT2D eigenvalue weighted by Crippen LogP contribution is -2.05. The Labute approximate surface area is 653 Å². The van der Waals surface area contributed by atoms with Crippen LogP contribution in [-0.2, 0) is 25.7 Å². The zero-order chi connectivity index (χ0) is 81.4. The van der Waals surface area contributed by atoms with Crippen molar-refractivity contribution in [2.75, 3.05) is 0 Å². The van der Waals surface area contributed by atoms with Gasteiger partial charge in [0.05, 0.1) is 0 Å². The summed E-state index contributed by atoms with van der Waals surface area (Å²) in [5.74, 6) is 0. The molecule has 0 heteroatoms. The average molecular weight is 1420 g/mol. The third-order valence-electron chi connectivity index (χ3n) is 18.6. The summed E-state index contributed by atoms with van der Waals surface area (Å²) in [7, 11) is 0. The lowest BCUT2D eigenvalue weighted by atomic mass is 9.73. The monoisotopic (exact) mass is 1420 g/mol. The summed E-state index contributed by atoms with van der Waals surface area (Å²) in [6.45, 7) is 78.7. The first-order chi connectivity index (χ1) is 52.2. The van der Waals surface area contributed by atoms with E-state index in [1.165, 1.54) is 199 Å². The number of hydrogen-bond acceptors (Lipinski definition) is 0. The van der Waals surface area contributed by atoms with Crippen LogP contribution in [0.25, 0.3) is 121 Å². The van der Waals surface area contributed by atoms with Crippen molar-refractivity contribution in [3.05, 3.63) is 248 Å². The van der Waals surface area contributed by atoms with Gasteiger partial charge in [0, 0.05) is 0 Å². The van der Waals surface area contributed by atoms with Crippen LogP contribution in [0.4, 0.5) is 0 Å². The van der Waals surface area contributed by atoms with Crippen LogP contribution < -0.4 is 0 Å². The van der Waals surface area contributed by atoms with Gasteiger partial charge < -0.3 is 0 Å². The number of rotatable bonds is 4. The van der Waals surface area contributed by atoms with Crippen molar-refractivity contribution in [3.8, 4) is 89.0 Å². The molecular formula is C106H150. The molecule has 0 atom stereocenters. The smallest absolute Gasteiger partial charge is 0.00113 e. The molecule has 0 aromatic heterocycles. The van der Waals surface area contributed by atoms with E-state index in [1.807, 2.05) is 222 Å². The molecule has 0 saturated heterocycles. The highest BCUT2D eigenvalue weighted by Crippen LogP contribution is 2.57. The quantitative estimate of drug-likeness (QED) is 0.154. The predicted octanol–water partition coefficient (Wildman–Crippen LogP) is 35.8. The van der Waals surface area contributed by atoms with E-state index in [-0.39, 0.29) is 0 Å². The Bertz CT molecular complexity index is 4240. The maximum atomic E-state index is 2.56. The number of aryl methyl sites for hydroxylation is 6. The molecule has 12 aromatic rings. The largest absolute Gasteiger partial charge is 0.0683 e. The number of fused-ring (bicyclic) bond motifs is 12. The van der Waals surface area contributed by atoms with Crippen molar-refractivity contribution in [1.82, 2.24) is 0 Å². The van der Waals surface area contributed by atoms with Crippen LogP contribution in [0.3, 0.4) is 0 Å². The van der Waals surface area contributed by atoms with Gasteiger partial charge in [0.2, 0.25) is 0 Å². The van der Waals surface area contributed by atoms with Crippen molar-refractivity contribution in [3.63, 3.8) is 0 Å². The van der Waals surface area contributed by atoms with E-state index in [4.69, 9.17) is 0 Å². The maximum Gasteiger partial charge on any atom is -0.00113 e. The second-order valence-electron chi connectivity index (χ2n) is 22.3. The Hall–Kier alpha value is -8.32. The molecule has 574 valence electrons. The standard InChI is InChI=1S/C74H54.16C2H6/c1-39-65(49-23-27-61-53(35-49)31-45-15-7-11-19-57(45)61)41(3)71-70(52-26-30-64-56(38-52)34-48-18-10-14-22-60(48)64)44(6)68-40(2)66(50-24-28-62-54(36-50)32-46-16-8-12-20-58(46)62)42(4)72-69(43(5)67(39)73(71)74(68)72)51-25-29-63-55(37-51)33-47-17-9-13-21-59(47)63;16*1-2/h7-30,35-38H,31-34H2,1-6H3;16*1-2H3. The molecule has 0 spiro atoms. The van der Waals surface area contributed by atoms with Crippen LogP contribution in [0, 0.1) is 41.5 Å². The molecule has 0 heterocycles. The zero-order valence-corrected chi connectivity index (χ0v) is 75.0. The highest BCUT2D eigenvalue weighted by molar-refractivity contribution is 6.35. The van der Waals surface area contributed by atoms with Crippen LogP contribution in [-0.4, -0.2) is 0 Å².